The van der Waals surface area contributed by atoms with Crippen LogP contribution in [0.25, 0.3) is 0 Å². The van der Waals surface area contributed by atoms with Crippen molar-refractivity contribution in [2.24, 2.45) is 5.92 Å². The van der Waals surface area contributed by atoms with Gasteiger partial charge < -0.3 is 10.2 Å². The second kappa shape index (κ2) is 6.61. The molecule has 0 spiro atoms. The first kappa shape index (κ1) is 16.5. The first-order chi connectivity index (χ1) is 11.5. The Labute approximate surface area is 144 Å². The maximum atomic E-state index is 13.0. The second-order valence-electron chi connectivity index (χ2n) is 5.78. The van der Waals surface area contributed by atoms with Crippen molar-refractivity contribution in [1.82, 2.24) is 0 Å². The van der Waals surface area contributed by atoms with Gasteiger partial charge in [0.1, 0.15) is 5.82 Å². The number of benzene rings is 2. The Morgan fingerprint density at radius 3 is 2.67 bits per heavy atom. The van der Waals surface area contributed by atoms with Crippen LogP contribution in [0.2, 0.25) is 5.02 Å². The number of hydrogen-bond acceptors (Lipinski definition) is 2. The summed E-state index contributed by atoms with van der Waals surface area (Å²) in [5.41, 5.74) is 2.02. The average Bonchev–Trinajstić information content (AvgIpc) is 2.94. The van der Waals surface area contributed by atoms with Gasteiger partial charge in [-0.15, -0.1) is 0 Å². The summed E-state index contributed by atoms with van der Waals surface area (Å²) < 4.78 is 13.0. The molecule has 0 bridgehead atoms. The number of amides is 2. The Kier molecular flexibility index (Phi) is 4.53. The van der Waals surface area contributed by atoms with Crippen LogP contribution < -0.4 is 10.2 Å². The summed E-state index contributed by atoms with van der Waals surface area (Å²) in [7, 11) is 0. The molecule has 124 valence electrons. The molecule has 0 aromatic heterocycles. The van der Waals surface area contributed by atoms with E-state index in [1.807, 2.05) is 6.92 Å². The highest BCUT2D eigenvalue weighted by Gasteiger charge is 2.35. The molecule has 1 saturated heterocycles. The van der Waals surface area contributed by atoms with Crippen LogP contribution in [0, 0.1) is 18.7 Å². The van der Waals surface area contributed by atoms with E-state index in [0.717, 1.165) is 5.56 Å². The van der Waals surface area contributed by atoms with Gasteiger partial charge in [-0.1, -0.05) is 17.7 Å². The molecule has 0 saturated carbocycles. The molecule has 4 nitrogen and oxygen atoms in total. The van der Waals surface area contributed by atoms with Crippen LogP contribution in [-0.2, 0) is 9.59 Å². The fourth-order valence-electron chi connectivity index (χ4n) is 2.73. The lowest BCUT2D eigenvalue weighted by Crippen LogP contribution is -2.28. The number of carbonyl (C=O) groups is 2. The minimum absolute atomic E-state index is 0.128. The van der Waals surface area contributed by atoms with Gasteiger partial charge in [-0.2, -0.15) is 0 Å². The van der Waals surface area contributed by atoms with E-state index in [1.165, 1.54) is 29.2 Å². The molecule has 1 aliphatic rings. The van der Waals surface area contributed by atoms with Crippen LogP contribution in [0.5, 0.6) is 0 Å². The van der Waals surface area contributed by atoms with E-state index in [-0.39, 0.29) is 30.6 Å². The van der Waals surface area contributed by atoms with Crippen molar-refractivity contribution >= 4 is 34.8 Å². The van der Waals surface area contributed by atoms with Crippen LogP contribution in [-0.4, -0.2) is 18.4 Å². The van der Waals surface area contributed by atoms with Crippen molar-refractivity contribution in [2.75, 3.05) is 16.8 Å². The Hall–Kier alpha value is -2.40. The molecule has 6 heteroatoms. The quantitative estimate of drug-likeness (QED) is 0.919. The highest BCUT2D eigenvalue weighted by molar-refractivity contribution is 6.31. The summed E-state index contributed by atoms with van der Waals surface area (Å²) in [5, 5.41) is 3.40. The predicted molar refractivity (Wildman–Crippen MR) is 91.7 cm³/mol. The van der Waals surface area contributed by atoms with Crippen LogP contribution in [0.3, 0.4) is 0 Å². The lowest BCUT2D eigenvalue weighted by Gasteiger charge is -2.17. The van der Waals surface area contributed by atoms with Gasteiger partial charge in [-0.25, -0.2) is 4.39 Å². The largest absolute Gasteiger partial charge is 0.325 e. The Bertz CT molecular complexity index is 792. The fourth-order valence-corrected chi connectivity index (χ4v) is 2.91. The van der Waals surface area contributed by atoms with E-state index in [2.05, 4.69) is 5.32 Å². The molecule has 24 heavy (non-hydrogen) atoms. The van der Waals surface area contributed by atoms with Gasteiger partial charge in [0, 0.05) is 29.4 Å². The lowest BCUT2D eigenvalue weighted by molar-refractivity contribution is -0.122. The van der Waals surface area contributed by atoms with E-state index < -0.39 is 5.92 Å². The first-order valence-corrected chi connectivity index (χ1v) is 7.95. The smallest absolute Gasteiger partial charge is 0.229 e. The molecule has 1 N–H and O–H groups in total. The SMILES string of the molecule is Cc1c(Cl)cccc1NC(=O)C1CC(=O)N(c2ccc(F)cc2)C1. The zero-order chi connectivity index (χ0) is 17.3. The summed E-state index contributed by atoms with van der Waals surface area (Å²) in [4.78, 5) is 26.1. The molecule has 0 radical (unpaired) electrons. The Morgan fingerprint density at radius 1 is 1.25 bits per heavy atom. The fraction of sp³-hybridized carbons (Fsp3) is 0.222. The molecule has 2 aromatic carbocycles. The van der Waals surface area contributed by atoms with Crippen LogP contribution in [0.15, 0.2) is 42.5 Å². The standard InChI is InChI=1S/C18H16ClFN2O2/c1-11-15(19)3-2-4-16(11)21-18(24)12-9-17(23)22(10-12)14-7-5-13(20)6-8-14/h2-8,12H,9-10H2,1H3,(H,21,24). The first-order valence-electron chi connectivity index (χ1n) is 7.57. The molecule has 1 atom stereocenters. The van der Waals surface area contributed by atoms with Gasteiger partial charge in [0.25, 0.3) is 0 Å². The van der Waals surface area contributed by atoms with E-state index in [9.17, 15) is 14.0 Å². The Balaban J connectivity index is 1.72. The van der Waals surface area contributed by atoms with Gasteiger partial charge in [-0.3, -0.25) is 9.59 Å². The zero-order valence-corrected chi connectivity index (χ0v) is 13.8. The highest BCUT2D eigenvalue weighted by Crippen LogP contribution is 2.28. The number of hydrogen-bond donors (Lipinski definition) is 1. The van der Waals surface area contributed by atoms with E-state index in [1.54, 1.807) is 18.2 Å². The summed E-state index contributed by atoms with van der Waals surface area (Å²) in [6, 6.07) is 10.9. The predicted octanol–water partition coefficient (Wildman–Crippen LogP) is 3.78. The molecule has 1 unspecified atom stereocenters. The molecule has 1 fully saturated rings. The maximum Gasteiger partial charge on any atom is 0.229 e. The number of rotatable bonds is 3. The molecule has 3 rings (SSSR count). The molecule has 2 aromatic rings. The number of anilines is 2. The summed E-state index contributed by atoms with van der Waals surface area (Å²) in [6.45, 7) is 2.10. The van der Waals surface area contributed by atoms with Gasteiger partial charge in [0.05, 0.1) is 5.92 Å². The third kappa shape index (κ3) is 3.26. The van der Waals surface area contributed by atoms with Gasteiger partial charge in [0.2, 0.25) is 11.8 Å². The second-order valence-corrected chi connectivity index (χ2v) is 6.19. The molecule has 1 aliphatic heterocycles. The maximum absolute atomic E-state index is 13.0. The van der Waals surface area contributed by atoms with Crippen LogP contribution >= 0.6 is 11.6 Å². The minimum atomic E-state index is -0.457. The van der Waals surface area contributed by atoms with Crippen molar-refractivity contribution < 1.29 is 14.0 Å². The molecular formula is C18H16ClFN2O2. The van der Waals surface area contributed by atoms with Gasteiger partial charge >= 0.3 is 0 Å². The average molecular weight is 347 g/mol. The highest BCUT2D eigenvalue weighted by atomic mass is 35.5. The number of carbonyl (C=O) groups excluding carboxylic acids is 2. The number of halogens is 2. The zero-order valence-electron chi connectivity index (χ0n) is 13.1. The third-order valence-corrected chi connectivity index (χ3v) is 4.57. The summed E-state index contributed by atoms with van der Waals surface area (Å²) in [5.74, 6) is -1.19. The van der Waals surface area contributed by atoms with E-state index in [4.69, 9.17) is 11.6 Å². The molecular weight excluding hydrogens is 331 g/mol. The van der Waals surface area contributed by atoms with Crippen molar-refractivity contribution in [2.45, 2.75) is 13.3 Å². The van der Waals surface area contributed by atoms with E-state index in [0.29, 0.717) is 16.4 Å². The summed E-state index contributed by atoms with van der Waals surface area (Å²) >= 11 is 6.05. The normalized spacial score (nSPS) is 17.2. The van der Waals surface area contributed by atoms with Gasteiger partial charge in [-0.05, 0) is 48.9 Å². The minimum Gasteiger partial charge on any atom is -0.325 e. The van der Waals surface area contributed by atoms with Crippen LogP contribution in [0.4, 0.5) is 15.8 Å². The topological polar surface area (TPSA) is 49.4 Å². The summed E-state index contributed by atoms with van der Waals surface area (Å²) in [6.07, 6.45) is 0.128. The Morgan fingerprint density at radius 2 is 1.96 bits per heavy atom. The monoisotopic (exact) mass is 346 g/mol. The van der Waals surface area contributed by atoms with Crippen molar-refractivity contribution in [3.05, 3.63) is 58.9 Å². The number of nitrogens with one attached hydrogen (secondary N) is 1. The van der Waals surface area contributed by atoms with Gasteiger partial charge in [0.15, 0.2) is 0 Å². The third-order valence-electron chi connectivity index (χ3n) is 4.16. The molecule has 0 aliphatic carbocycles. The molecule has 2 amide bonds. The number of nitrogens with zero attached hydrogens (tertiary/aromatic N) is 1. The van der Waals surface area contributed by atoms with Crippen LogP contribution in [0.1, 0.15) is 12.0 Å². The molecule has 1 heterocycles. The van der Waals surface area contributed by atoms with Crippen molar-refractivity contribution in [3.8, 4) is 0 Å². The van der Waals surface area contributed by atoms with Crippen molar-refractivity contribution in [1.29, 1.82) is 0 Å². The van der Waals surface area contributed by atoms with Crippen molar-refractivity contribution in [3.63, 3.8) is 0 Å². The van der Waals surface area contributed by atoms with E-state index >= 15 is 0 Å². The lowest BCUT2D eigenvalue weighted by atomic mass is 10.1.